The van der Waals surface area contributed by atoms with Crippen LogP contribution in [0.15, 0.2) is 60.8 Å². The van der Waals surface area contributed by atoms with Gasteiger partial charge in [-0.05, 0) is 53.8 Å². The van der Waals surface area contributed by atoms with E-state index in [4.69, 9.17) is 10.7 Å². The molecule has 0 radical (unpaired) electrons. The van der Waals surface area contributed by atoms with Crippen molar-refractivity contribution in [3.05, 3.63) is 94.4 Å². The van der Waals surface area contributed by atoms with E-state index in [0.29, 0.717) is 34.8 Å². The van der Waals surface area contributed by atoms with Crippen LogP contribution in [0.4, 0.5) is 10.1 Å². The molecule has 0 saturated carbocycles. The number of amides is 2. The Labute approximate surface area is 212 Å². The summed E-state index contributed by atoms with van der Waals surface area (Å²) in [6.07, 6.45) is 1.50. The predicted octanol–water partition coefficient (Wildman–Crippen LogP) is 6.21. The Balaban J connectivity index is 1.56. The number of nitrogens with one attached hydrogen (secondary N) is 1. The first-order chi connectivity index (χ1) is 17.7. The van der Waals surface area contributed by atoms with Crippen molar-refractivity contribution in [3.63, 3.8) is 0 Å². The number of nitrogens with two attached hydrogens (primary N) is 1. The monoisotopic (exact) mass is 492 g/mol. The van der Waals surface area contributed by atoms with Crippen molar-refractivity contribution in [2.45, 2.75) is 33.2 Å². The summed E-state index contributed by atoms with van der Waals surface area (Å²) in [5, 5.41) is 1.75. The van der Waals surface area contributed by atoms with Crippen molar-refractivity contribution in [1.29, 1.82) is 0 Å². The van der Waals surface area contributed by atoms with Crippen molar-refractivity contribution in [3.8, 4) is 11.3 Å². The minimum Gasteiger partial charge on any atom is -0.365 e. The van der Waals surface area contributed by atoms with Crippen molar-refractivity contribution in [2.75, 3.05) is 4.90 Å². The summed E-state index contributed by atoms with van der Waals surface area (Å²) in [6, 6.07) is 16.3. The average molecular weight is 493 g/mol. The quantitative estimate of drug-likeness (QED) is 0.312. The number of aromatic nitrogens is 2. The van der Waals surface area contributed by atoms with Crippen molar-refractivity contribution in [2.24, 2.45) is 5.73 Å². The second kappa shape index (κ2) is 8.27. The SMILES string of the molecule is Cc1c(-c2ncc(C(N)=O)c3[nH]c4cc(C(C)C)ccc4c23)cccc1N1Cc2ccc(F)cc2C1=O. The van der Waals surface area contributed by atoms with Gasteiger partial charge in [-0.1, -0.05) is 44.2 Å². The van der Waals surface area contributed by atoms with Gasteiger partial charge in [0.1, 0.15) is 5.82 Å². The van der Waals surface area contributed by atoms with Crippen LogP contribution >= 0.6 is 0 Å². The number of carbonyl (C=O) groups is 2. The zero-order chi connectivity index (χ0) is 26.0. The summed E-state index contributed by atoms with van der Waals surface area (Å²) in [7, 11) is 0. The van der Waals surface area contributed by atoms with Gasteiger partial charge in [-0.15, -0.1) is 0 Å². The molecule has 1 aliphatic heterocycles. The predicted molar refractivity (Wildman–Crippen MR) is 143 cm³/mol. The number of halogens is 1. The number of benzene rings is 3. The minimum absolute atomic E-state index is 0.231. The van der Waals surface area contributed by atoms with Crippen molar-refractivity contribution in [1.82, 2.24) is 9.97 Å². The molecule has 3 aromatic carbocycles. The van der Waals surface area contributed by atoms with Gasteiger partial charge in [0.05, 0.1) is 23.3 Å². The highest BCUT2D eigenvalue weighted by Crippen LogP contribution is 2.40. The van der Waals surface area contributed by atoms with Gasteiger partial charge >= 0.3 is 0 Å². The van der Waals surface area contributed by atoms with E-state index in [9.17, 15) is 14.0 Å². The second-order valence-corrected chi connectivity index (χ2v) is 9.86. The van der Waals surface area contributed by atoms with Crippen LogP contribution in [0.2, 0.25) is 0 Å². The Morgan fingerprint density at radius 2 is 1.92 bits per heavy atom. The van der Waals surface area contributed by atoms with E-state index in [1.54, 1.807) is 11.0 Å². The fourth-order valence-corrected chi connectivity index (χ4v) is 5.31. The van der Waals surface area contributed by atoms with E-state index < -0.39 is 11.7 Å². The molecule has 0 unspecified atom stereocenters. The fourth-order valence-electron chi connectivity index (χ4n) is 5.31. The maximum absolute atomic E-state index is 13.8. The molecule has 6 rings (SSSR count). The number of carbonyl (C=O) groups excluding carboxylic acids is 2. The minimum atomic E-state index is -0.558. The topological polar surface area (TPSA) is 92.1 Å². The Bertz CT molecular complexity index is 1770. The third kappa shape index (κ3) is 3.49. The maximum atomic E-state index is 13.8. The van der Waals surface area contributed by atoms with Gasteiger partial charge in [0.2, 0.25) is 0 Å². The van der Waals surface area contributed by atoms with Gasteiger partial charge in [-0.3, -0.25) is 14.6 Å². The van der Waals surface area contributed by atoms with Gasteiger partial charge in [-0.25, -0.2) is 4.39 Å². The first kappa shape index (κ1) is 22.9. The standard InChI is InChI=1S/C30H25FN4O2/c1-15(2)17-8-10-21-24(11-17)34-28-23(29(32)36)13-33-27(26(21)28)20-5-4-6-25(16(20)3)35-14-18-7-9-19(31)12-22(18)30(35)37/h4-13,15,34H,14H2,1-3H3,(H2,32,36). The Kier molecular flexibility index (Phi) is 5.12. The number of pyridine rings is 1. The summed E-state index contributed by atoms with van der Waals surface area (Å²) in [6.45, 7) is 6.58. The van der Waals surface area contributed by atoms with Crippen LogP contribution in [-0.2, 0) is 6.54 Å². The molecule has 2 amide bonds. The van der Waals surface area contributed by atoms with Gasteiger partial charge in [0.15, 0.2) is 0 Å². The van der Waals surface area contributed by atoms with Crippen LogP contribution in [0.1, 0.15) is 57.2 Å². The summed E-state index contributed by atoms with van der Waals surface area (Å²) in [4.78, 5) is 35.2. The van der Waals surface area contributed by atoms with Gasteiger partial charge in [-0.2, -0.15) is 0 Å². The van der Waals surface area contributed by atoms with Gasteiger partial charge in [0, 0.05) is 39.3 Å². The lowest BCUT2D eigenvalue weighted by Crippen LogP contribution is -2.24. The van der Waals surface area contributed by atoms with E-state index in [1.807, 2.05) is 31.2 Å². The van der Waals surface area contributed by atoms with Crippen LogP contribution in [-0.4, -0.2) is 21.8 Å². The van der Waals surface area contributed by atoms with Crippen LogP contribution in [0, 0.1) is 12.7 Å². The molecule has 0 aliphatic carbocycles. The lowest BCUT2D eigenvalue weighted by molar-refractivity contribution is 0.0990. The number of nitrogens with zero attached hydrogens (tertiary/aromatic N) is 2. The molecule has 7 heteroatoms. The molecule has 0 bridgehead atoms. The number of aromatic amines is 1. The molecule has 3 N–H and O–H groups in total. The normalized spacial score (nSPS) is 13.2. The summed E-state index contributed by atoms with van der Waals surface area (Å²) < 4.78 is 13.8. The molecule has 2 aromatic heterocycles. The van der Waals surface area contributed by atoms with E-state index in [0.717, 1.165) is 38.7 Å². The molecular formula is C30H25FN4O2. The van der Waals surface area contributed by atoms with Crippen molar-refractivity contribution >= 4 is 39.3 Å². The number of hydrogen-bond acceptors (Lipinski definition) is 3. The number of fused-ring (bicyclic) bond motifs is 4. The first-order valence-corrected chi connectivity index (χ1v) is 12.2. The first-order valence-electron chi connectivity index (χ1n) is 12.2. The summed E-state index contributed by atoms with van der Waals surface area (Å²) >= 11 is 0. The largest absolute Gasteiger partial charge is 0.365 e. The van der Waals surface area contributed by atoms with Gasteiger partial charge in [0.25, 0.3) is 11.8 Å². The average Bonchev–Trinajstić information content (AvgIpc) is 3.41. The lowest BCUT2D eigenvalue weighted by Gasteiger charge is -2.20. The highest BCUT2D eigenvalue weighted by atomic mass is 19.1. The second-order valence-electron chi connectivity index (χ2n) is 9.86. The maximum Gasteiger partial charge on any atom is 0.259 e. The number of primary amides is 1. The molecular weight excluding hydrogens is 467 g/mol. The zero-order valence-electron chi connectivity index (χ0n) is 20.7. The Morgan fingerprint density at radius 3 is 2.68 bits per heavy atom. The smallest absolute Gasteiger partial charge is 0.259 e. The third-order valence-corrected chi connectivity index (χ3v) is 7.31. The highest BCUT2D eigenvalue weighted by Gasteiger charge is 2.30. The van der Waals surface area contributed by atoms with Crippen LogP contribution in [0.5, 0.6) is 0 Å². The lowest BCUT2D eigenvalue weighted by atomic mass is 9.96. The van der Waals surface area contributed by atoms with Crippen LogP contribution in [0.3, 0.4) is 0 Å². The molecule has 0 fully saturated rings. The van der Waals surface area contributed by atoms with E-state index >= 15 is 0 Å². The molecule has 1 aliphatic rings. The van der Waals surface area contributed by atoms with Crippen molar-refractivity contribution < 1.29 is 14.0 Å². The molecule has 0 spiro atoms. The number of hydrogen-bond donors (Lipinski definition) is 2. The van der Waals surface area contributed by atoms with E-state index in [2.05, 4.69) is 31.0 Å². The summed E-state index contributed by atoms with van der Waals surface area (Å²) in [5.74, 6) is -0.873. The molecule has 5 aromatic rings. The van der Waals surface area contributed by atoms with Gasteiger partial charge < -0.3 is 15.6 Å². The fraction of sp³-hybridized carbons (Fsp3) is 0.167. The molecule has 184 valence electrons. The summed E-state index contributed by atoms with van der Waals surface area (Å²) in [5.41, 5.74) is 13.0. The molecule has 0 saturated heterocycles. The number of rotatable bonds is 4. The number of anilines is 1. The number of H-pyrrole nitrogens is 1. The Hall–Kier alpha value is -4.52. The van der Waals surface area contributed by atoms with E-state index in [-0.39, 0.29) is 5.91 Å². The molecule has 37 heavy (non-hydrogen) atoms. The highest BCUT2D eigenvalue weighted by molar-refractivity contribution is 6.19. The molecule has 3 heterocycles. The Morgan fingerprint density at radius 1 is 1.11 bits per heavy atom. The third-order valence-electron chi connectivity index (χ3n) is 7.31. The van der Waals surface area contributed by atoms with Crippen LogP contribution < -0.4 is 10.6 Å². The molecule has 0 atom stereocenters. The van der Waals surface area contributed by atoms with Crippen LogP contribution in [0.25, 0.3) is 33.1 Å². The molecule has 6 nitrogen and oxygen atoms in total. The van der Waals surface area contributed by atoms with E-state index in [1.165, 1.54) is 23.9 Å². The zero-order valence-corrected chi connectivity index (χ0v) is 20.7.